The first kappa shape index (κ1) is 14.7. The summed E-state index contributed by atoms with van der Waals surface area (Å²) in [4.78, 5) is 9.41. The maximum absolute atomic E-state index is 4.71. The van der Waals surface area contributed by atoms with Gasteiger partial charge in [0.1, 0.15) is 5.82 Å². The van der Waals surface area contributed by atoms with Gasteiger partial charge in [0.15, 0.2) is 5.82 Å². The van der Waals surface area contributed by atoms with E-state index >= 15 is 0 Å². The van der Waals surface area contributed by atoms with Crippen LogP contribution in [0.2, 0.25) is 0 Å². The number of hydrogen-bond acceptors (Lipinski definition) is 4. The van der Waals surface area contributed by atoms with E-state index in [2.05, 4.69) is 59.4 Å². The van der Waals surface area contributed by atoms with Gasteiger partial charge in [0, 0.05) is 17.5 Å². The number of thiophene rings is 1. The molecule has 19 heavy (non-hydrogen) atoms. The van der Waals surface area contributed by atoms with Crippen LogP contribution in [0.25, 0.3) is 11.4 Å². The minimum absolute atomic E-state index is 0.842. The van der Waals surface area contributed by atoms with Crippen LogP contribution in [0.3, 0.4) is 0 Å². The van der Waals surface area contributed by atoms with Gasteiger partial charge in [-0.05, 0) is 53.3 Å². The third-order valence-corrected chi connectivity index (χ3v) is 4.89. The predicted octanol–water partition coefficient (Wildman–Crippen LogP) is 4.50. The Hall–Kier alpha value is -0.690. The molecular weight excluding hydrogens is 369 g/mol. The molecule has 0 aliphatic carbocycles. The summed E-state index contributed by atoms with van der Waals surface area (Å²) in [5.41, 5.74) is 3.51. The molecule has 0 radical (unpaired) electrons. The van der Waals surface area contributed by atoms with Gasteiger partial charge in [-0.15, -0.1) is 0 Å². The fraction of sp³-hybridized carbons (Fsp3) is 0.429. The summed E-state index contributed by atoms with van der Waals surface area (Å²) in [6.45, 7) is 7.35. The zero-order valence-corrected chi connectivity index (χ0v) is 14.4. The van der Waals surface area contributed by atoms with Crippen molar-refractivity contribution in [2.45, 2.75) is 33.6 Å². The van der Waals surface area contributed by atoms with Crippen molar-refractivity contribution in [2.75, 3.05) is 11.9 Å². The van der Waals surface area contributed by atoms with E-state index in [-0.39, 0.29) is 0 Å². The molecule has 2 rings (SSSR count). The van der Waals surface area contributed by atoms with E-state index < -0.39 is 0 Å². The number of rotatable bonds is 5. The average Bonchev–Trinajstić information content (AvgIpc) is 2.84. The van der Waals surface area contributed by atoms with Gasteiger partial charge in [-0.3, -0.25) is 0 Å². The Morgan fingerprint density at radius 2 is 2.05 bits per heavy atom. The first-order valence-corrected chi connectivity index (χ1v) is 8.53. The Kier molecular flexibility index (Phi) is 5.15. The molecular formula is C14H18IN3S. The largest absolute Gasteiger partial charge is 0.369 e. The van der Waals surface area contributed by atoms with Crippen molar-refractivity contribution >= 4 is 39.7 Å². The number of nitrogens with one attached hydrogen (secondary N) is 1. The zero-order chi connectivity index (χ0) is 13.8. The Bertz CT molecular complexity index is 566. The van der Waals surface area contributed by atoms with Crippen molar-refractivity contribution in [3.05, 3.63) is 25.6 Å². The third kappa shape index (κ3) is 3.25. The Morgan fingerprint density at radius 1 is 1.26 bits per heavy atom. The fourth-order valence-corrected chi connectivity index (χ4v) is 3.44. The van der Waals surface area contributed by atoms with E-state index in [9.17, 15) is 0 Å². The van der Waals surface area contributed by atoms with Gasteiger partial charge < -0.3 is 5.32 Å². The second-order valence-electron chi connectivity index (χ2n) is 4.41. The molecule has 5 heteroatoms. The smallest absolute Gasteiger partial charge is 0.162 e. The molecule has 0 unspecified atom stereocenters. The molecule has 3 nitrogen and oxygen atoms in total. The van der Waals surface area contributed by atoms with Crippen molar-refractivity contribution in [1.29, 1.82) is 0 Å². The van der Waals surface area contributed by atoms with Crippen molar-refractivity contribution in [3.63, 3.8) is 0 Å². The van der Waals surface area contributed by atoms with E-state index in [0.29, 0.717) is 0 Å². The number of nitrogens with zero attached hydrogens (tertiary/aromatic N) is 2. The maximum Gasteiger partial charge on any atom is 0.162 e. The average molecular weight is 387 g/mol. The van der Waals surface area contributed by atoms with Crippen molar-refractivity contribution in [1.82, 2.24) is 9.97 Å². The number of aromatic nitrogens is 2. The van der Waals surface area contributed by atoms with Gasteiger partial charge in [0.2, 0.25) is 0 Å². The number of aryl methyl sites for hydroxylation is 2. The highest BCUT2D eigenvalue weighted by atomic mass is 127. The van der Waals surface area contributed by atoms with Gasteiger partial charge in [0.25, 0.3) is 0 Å². The molecule has 0 bridgehead atoms. The summed E-state index contributed by atoms with van der Waals surface area (Å²) in [5, 5.41) is 7.67. The summed E-state index contributed by atoms with van der Waals surface area (Å²) in [6.07, 6.45) is 2.02. The lowest BCUT2D eigenvalue weighted by Crippen LogP contribution is -2.08. The van der Waals surface area contributed by atoms with Crippen molar-refractivity contribution in [2.24, 2.45) is 0 Å². The Balaban J connectivity index is 2.47. The second kappa shape index (κ2) is 6.65. The lowest BCUT2D eigenvalue weighted by molar-refractivity contribution is 0.943. The molecule has 0 amide bonds. The van der Waals surface area contributed by atoms with Crippen LogP contribution in [-0.4, -0.2) is 16.5 Å². The molecule has 0 aliphatic heterocycles. The van der Waals surface area contributed by atoms with Crippen molar-refractivity contribution < 1.29 is 0 Å². The molecule has 2 heterocycles. The highest BCUT2D eigenvalue weighted by Gasteiger charge is 2.13. The minimum Gasteiger partial charge on any atom is -0.369 e. The molecule has 0 saturated carbocycles. The Morgan fingerprint density at radius 3 is 2.63 bits per heavy atom. The highest BCUT2D eigenvalue weighted by Crippen LogP contribution is 2.28. The van der Waals surface area contributed by atoms with Gasteiger partial charge >= 0.3 is 0 Å². The topological polar surface area (TPSA) is 37.8 Å². The molecule has 2 aromatic rings. The number of halogens is 1. The van der Waals surface area contributed by atoms with Gasteiger partial charge in [-0.25, -0.2) is 9.97 Å². The van der Waals surface area contributed by atoms with Crippen LogP contribution in [0.15, 0.2) is 10.8 Å². The fourth-order valence-electron chi connectivity index (χ4n) is 1.80. The predicted molar refractivity (Wildman–Crippen MR) is 91.0 cm³/mol. The molecule has 1 N–H and O–H groups in total. The number of anilines is 1. The summed E-state index contributed by atoms with van der Waals surface area (Å²) in [6, 6.07) is 0. The number of hydrogen-bond donors (Lipinski definition) is 1. The minimum atomic E-state index is 0.842. The monoisotopic (exact) mass is 387 g/mol. The van der Waals surface area contributed by atoms with Crippen LogP contribution in [0.1, 0.15) is 31.5 Å². The SMILES string of the molecule is CCCNc1nc(-c2cscc2C)nc(CC)c1I. The first-order valence-electron chi connectivity index (χ1n) is 6.50. The van der Waals surface area contributed by atoms with Gasteiger partial charge in [-0.2, -0.15) is 11.3 Å². The quantitative estimate of drug-likeness (QED) is 0.768. The molecule has 0 spiro atoms. The molecule has 0 aliphatic rings. The lowest BCUT2D eigenvalue weighted by atomic mass is 10.2. The maximum atomic E-state index is 4.71. The normalized spacial score (nSPS) is 10.7. The molecule has 0 atom stereocenters. The van der Waals surface area contributed by atoms with Crippen LogP contribution in [0, 0.1) is 10.5 Å². The Labute approximate surface area is 132 Å². The van der Waals surface area contributed by atoms with Crippen LogP contribution < -0.4 is 5.32 Å². The van der Waals surface area contributed by atoms with Crippen LogP contribution in [0.4, 0.5) is 5.82 Å². The highest BCUT2D eigenvalue weighted by molar-refractivity contribution is 14.1. The summed E-state index contributed by atoms with van der Waals surface area (Å²) in [5.74, 6) is 1.81. The van der Waals surface area contributed by atoms with E-state index in [1.54, 1.807) is 11.3 Å². The van der Waals surface area contributed by atoms with Gasteiger partial charge in [-0.1, -0.05) is 13.8 Å². The van der Waals surface area contributed by atoms with Crippen LogP contribution in [0.5, 0.6) is 0 Å². The third-order valence-electron chi connectivity index (χ3n) is 2.89. The lowest BCUT2D eigenvalue weighted by Gasteiger charge is -2.11. The zero-order valence-electron chi connectivity index (χ0n) is 11.5. The van der Waals surface area contributed by atoms with Crippen LogP contribution in [-0.2, 0) is 6.42 Å². The molecule has 102 valence electrons. The second-order valence-corrected chi connectivity index (χ2v) is 6.23. The van der Waals surface area contributed by atoms with Gasteiger partial charge in [0.05, 0.1) is 9.26 Å². The van der Waals surface area contributed by atoms with E-state index in [0.717, 1.165) is 45.9 Å². The standard InChI is InChI=1S/C14H18IN3S/c1-4-6-16-14-12(15)11(5-2)17-13(18-14)10-8-19-7-9(10)3/h7-8H,4-6H2,1-3H3,(H,16,17,18). The van der Waals surface area contributed by atoms with E-state index in [1.807, 2.05) is 0 Å². The van der Waals surface area contributed by atoms with Crippen LogP contribution >= 0.6 is 33.9 Å². The molecule has 0 aromatic carbocycles. The summed E-state index contributed by atoms with van der Waals surface area (Å²) in [7, 11) is 0. The van der Waals surface area contributed by atoms with E-state index in [1.165, 1.54) is 5.56 Å². The molecule has 0 fully saturated rings. The van der Waals surface area contributed by atoms with E-state index in [4.69, 9.17) is 9.97 Å². The summed E-state index contributed by atoms with van der Waals surface area (Å²) < 4.78 is 1.14. The molecule has 2 aromatic heterocycles. The molecule has 0 saturated heterocycles. The van der Waals surface area contributed by atoms with Crippen molar-refractivity contribution in [3.8, 4) is 11.4 Å². The first-order chi connectivity index (χ1) is 9.17. The summed E-state index contributed by atoms with van der Waals surface area (Å²) >= 11 is 4.04.